The van der Waals surface area contributed by atoms with E-state index in [-0.39, 0.29) is 23.9 Å². The monoisotopic (exact) mass is 168 g/mol. The fraction of sp³-hybridized carbons (Fsp3) is 0.625. The summed E-state index contributed by atoms with van der Waals surface area (Å²) in [7, 11) is 0. The Kier molecular flexibility index (Phi) is 1.34. The molecule has 2 aliphatic rings. The first-order valence-corrected chi connectivity index (χ1v) is 3.90. The van der Waals surface area contributed by atoms with Crippen LogP contribution in [0.15, 0.2) is 0 Å². The predicted octanol–water partition coefficient (Wildman–Crippen LogP) is -0.135. The van der Waals surface area contributed by atoms with E-state index in [4.69, 9.17) is 5.11 Å². The lowest BCUT2D eigenvalue weighted by Gasteiger charge is -2.14. The zero-order valence-electron chi connectivity index (χ0n) is 6.32. The average Bonchev–Trinajstić information content (AvgIpc) is 2.44. The molecule has 0 aromatic carbocycles. The zero-order valence-corrected chi connectivity index (χ0v) is 6.32. The molecule has 2 fully saturated rings. The molecule has 2 aliphatic carbocycles. The molecular weight excluding hydrogens is 160 g/mol. The summed E-state index contributed by atoms with van der Waals surface area (Å²) >= 11 is 0. The summed E-state index contributed by atoms with van der Waals surface area (Å²) in [5.41, 5.74) is 0. The molecule has 1 N–H and O–H groups in total. The van der Waals surface area contributed by atoms with Gasteiger partial charge in [-0.15, -0.1) is 0 Å². The Hall–Kier alpha value is -1.19. The quantitative estimate of drug-likeness (QED) is 0.553. The van der Waals surface area contributed by atoms with Crippen molar-refractivity contribution in [3.63, 3.8) is 0 Å². The summed E-state index contributed by atoms with van der Waals surface area (Å²) in [6.45, 7) is 0. The zero-order chi connectivity index (χ0) is 8.88. The number of aliphatic carboxylic acids is 1. The lowest BCUT2D eigenvalue weighted by atomic mass is 9.87. The van der Waals surface area contributed by atoms with Crippen molar-refractivity contribution >= 4 is 17.5 Å². The van der Waals surface area contributed by atoms with Crippen molar-refractivity contribution in [2.24, 2.45) is 17.8 Å². The van der Waals surface area contributed by atoms with E-state index >= 15 is 0 Å². The topological polar surface area (TPSA) is 71.4 Å². The minimum Gasteiger partial charge on any atom is -0.481 e. The van der Waals surface area contributed by atoms with Crippen LogP contribution in [0.4, 0.5) is 0 Å². The molecule has 0 amide bonds. The Labute approximate surface area is 68.6 Å². The van der Waals surface area contributed by atoms with Gasteiger partial charge in [-0.2, -0.15) is 0 Å². The fourth-order valence-electron chi connectivity index (χ4n) is 2.20. The Morgan fingerprint density at radius 3 is 2.50 bits per heavy atom. The Bertz CT molecular complexity index is 281. The smallest absolute Gasteiger partial charge is 0.314 e. The number of carboxylic acid groups (broad SMARTS) is 1. The molecular formula is C8H8O4. The molecule has 0 saturated heterocycles. The number of fused-ring (bicyclic) bond motifs is 2. The maximum absolute atomic E-state index is 11.2. The van der Waals surface area contributed by atoms with Crippen LogP contribution in [-0.4, -0.2) is 22.6 Å². The maximum atomic E-state index is 11.2. The highest BCUT2D eigenvalue weighted by molar-refractivity contribution is 6.10. The van der Waals surface area contributed by atoms with Gasteiger partial charge in [-0.05, 0) is 6.42 Å². The van der Waals surface area contributed by atoms with Crippen molar-refractivity contribution in [3.05, 3.63) is 0 Å². The number of rotatable bonds is 1. The number of hydrogen-bond acceptors (Lipinski definition) is 3. The van der Waals surface area contributed by atoms with E-state index in [0.29, 0.717) is 6.42 Å². The van der Waals surface area contributed by atoms with E-state index in [1.165, 1.54) is 0 Å². The van der Waals surface area contributed by atoms with Crippen molar-refractivity contribution in [1.29, 1.82) is 0 Å². The van der Waals surface area contributed by atoms with Gasteiger partial charge in [-0.1, -0.05) is 0 Å². The second-order valence-corrected chi connectivity index (χ2v) is 3.43. The second kappa shape index (κ2) is 2.15. The summed E-state index contributed by atoms with van der Waals surface area (Å²) in [4.78, 5) is 32.9. The number of hydrogen-bond donors (Lipinski definition) is 1. The highest BCUT2D eigenvalue weighted by atomic mass is 16.4. The maximum Gasteiger partial charge on any atom is 0.314 e. The van der Waals surface area contributed by atoms with Gasteiger partial charge >= 0.3 is 5.97 Å². The SMILES string of the molecule is O=C1CC2CC1C(C(=O)O)C2=O. The van der Waals surface area contributed by atoms with Gasteiger partial charge in [0, 0.05) is 18.3 Å². The van der Waals surface area contributed by atoms with Crippen LogP contribution in [0.1, 0.15) is 12.8 Å². The van der Waals surface area contributed by atoms with E-state index in [9.17, 15) is 14.4 Å². The van der Waals surface area contributed by atoms with E-state index in [1.807, 2.05) is 0 Å². The Balaban J connectivity index is 2.32. The molecule has 0 spiro atoms. The van der Waals surface area contributed by atoms with Crippen LogP contribution in [-0.2, 0) is 14.4 Å². The lowest BCUT2D eigenvalue weighted by Crippen LogP contribution is -2.34. The first-order chi connectivity index (χ1) is 5.61. The van der Waals surface area contributed by atoms with Crippen molar-refractivity contribution in [1.82, 2.24) is 0 Å². The summed E-state index contributed by atoms with van der Waals surface area (Å²) in [6.07, 6.45) is 0.738. The predicted molar refractivity (Wildman–Crippen MR) is 37.4 cm³/mol. The Morgan fingerprint density at radius 1 is 1.42 bits per heavy atom. The highest BCUT2D eigenvalue weighted by Crippen LogP contribution is 2.43. The van der Waals surface area contributed by atoms with Crippen molar-refractivity contribution < 1.29 is 19.5 Å². The van der Waals surface area contributed by atoms with Gasteiger partial charge in [0.1, 0.15) is 11.7 Å². The van der Waals surface area contributed by atoms with Crippen LogP contribution in [0.5, 0.6) is 0 Å². The molecule has 4 nitrogen and oxygen atoms in total. The number of carboxylic acids is 1. The van der Waals surface area contributed by atoms with Crippen LogP contribution >= 0.6 is 0 Å². The first kappa shape index (κ1) is 7.46. The fourth-order valence-corrected chi connectivity index (χ4v) is 2.20. The van der Waals surface area contributed by atoms with Gasteiger partial charge in [-0.3, -0.25) is 14.4 Å². The van der Waals surface area contributed by atoms with E-state index < -0.39 is 17.8 Å². The van der Waals surface area contributed by atoms with Gasteiger partial charge < -0.3 is 5.11 Å². The molecule has 0 aromatic heterocycles. The molecule has 64 valence electrons. The highest BCUT2D eigenvalue weighted by Gasteiger charge is 2.54. The molecule has 0 aliphatic heterocycles. The summed E-state index contributed by atoms with van der Waals surface area (Å²) in [5, 5.41) is 8.65. The van der Waals surface area contributed by atoms with Gasteiger partial charge in [0.05, 0.1) is 0 Å². The third kappa shape index (κ3) is 0.748. The van der Waals surface area contributed by atoms with Crippen LogP contribution in [0.25, 0.3) is 0 Å². The standard InChI is InChI=1S/C8H8O4/c9-5-2-3-1-4(5)6(7(3)10)8(11)12/h3-4,6H,1-2H2,(H,11,12). The molecule has 0 aromatic rings. The molecule has 0 heterocycles. The van der Waals surface area contributed by atoms with Crippen molar-refractivity contribution in [2.75, 3.05) is 0 Å². The van der Waals surface area contributed by atoms with Gasteiger partial charge in [0.15, 0.2) is 5.78 Å². The van der Waals surface area contributed by atoms with Crippen molar-refractivity contribution in [2.45, 2.75) is 12.8 Å². The number of ketones is 2. The van der Waals surface area contributed by atoms with Gasteiger partial charge in [0.2, 0.25) is 0 Å². The summed E-state index contributed by atoms with van der Waals surface area (Å²) in [6, 6.07) is 0. The van der Waals surface area contributed by atoms with Crippen LogP contribution in [0.3, 0.4) is 0 Å². The minimum atomic E-state index is -1.14. The molecule has 12 heavy (non-hydrogen) atoms. The van der Waals surface area contributed by atoms with Gasteiger partial charge in [-0.25, -0.2) is 0 Å². The third-order valence-electron chi connectivity index (χ3n) is 2.78. The van der Waals surface area contributed by atoms with E-state index in [0.717, 1.165) is 0 Å². The molecule has 2 saturated carbocycles. The lowest BCUT2D eigenvalue weighted by molar-refractivity contribution is -0.151. The normalized spacial score (nSPS) is 39.2. The molecule has 3 atom stereocenters. The van der Waals surface area contributed by atoms with E-state index in [2.05, 4.69) is 0 Å². The molecule has 3 unspecified atom stereocenters. The van der Waals surface area contributed by atoms with E-state index in [1.54, 1.807) is 0 Å². The van der Waals surface area contributed by atoms with Gasteiger partial charge in [0.25, 0.3) is 0 Å². The van der Waals surface area contributed by atoms with Crippen LogP contribution in [0.2, 0.25) is 0 Å². The van der Waals surface area contributed by atoms with Crippen LogP contribution in [0, 0.1) is 17.8 Å². The number of carbonyl (C=O) groups is 3. The average molecular weight is 168 g/mol. The van der Waals surface area contributed by atoms with Crippen LogP contribution < -0.4 is 0 Å². The largest absolute Gasteiger partial charge is 0.481 e. The minimum absolute atomic E-state index is 0.0491. The third-order valence-corrected chi connectivity index (χ3v) is 2.78. The Morgan fingerprint density at radius 2 is 2.08 bits per heavy atom. The number of carbonyl (C=O) groups excluding carboxylic acids is 2. The molecule has 2 bridgehead atoms. The molecule has 4 heteroatoms. The number of Topliss-reactive ketones (excluding diaryl/α,β-unsaturated/α-hetero) is 2. The summed E-state index contributed by atoms with van der Waals surface area (Å²) in [5.74, 6) is -3.26. The molecule has 0 radical (unpaired) electrons. The second-order valence-electron chi connectivity index (χ2n) is 3.43. The summed E-state index contributed by atoms with van der Waals surface area (Å²) < 4.78 is 0. The first-order valence-electron chi connectivity index (χ1n) is 3.90. The molecule has 2 rings (SSSR count). The van der Waals surface area contributed by atoms with Crippen molar-refractivity contribution in [3.8, 4) is 0 Å².